The average Bonchev–Trinajstić information content (AvgIpc) is 2.77. The molecule has 0 aliphatic heterocycles. The van der Waals surface area contributed by atoms with Gasteiger partial charge >= 0.3 is 0 Å². The number of hydrogen-bond acceptors (Lipinski definition) is 3. The number of ether oxygens (including phenoxy) is 1. The van der Waals surface area contributed by atoms with Crippen molar-refractivity contribution in [3.05, 3.63) is 28.5 Å². The van der Waals surface area contributed by atoms with Crippen LogP contribution in [-0.2, 0) is 10.0 Å². The Labute approximate surface area is 126 Å². The minimum Gasteiger partial charge on any atom is -0.493 e. The maximum absolute atomic E-state index is 13.4. The highest BCUT2D eigenvalue weighted by atomic mass is 79.9. The summed E-state index contributed by atoms with van der Waals surface area (Å²) in [6.07, 6.45) is 3.46. The molecule has 1 fully saturated rings. The highest BCUT2D eigenvalue weighted by Crippen LogP contribution is 2.39. The molecule has 1 aliphatic rings. The average molecular weight is 366 g/mol. The first kappa shape index (κ1) is 15.7. The molecule has 0 radical (unpaired) electrons. The second-order valence-electron chi connectivity index (χ2n) is 5.38. The van der Waals surface area contributed by atoms with Crippen LogP contribution in [0.1, 0.15) is 25.7 Å². The lowest BCUT2D eigenvalue weighted by Gasteiger charge is -2.27. The summed E-state index contributed by atoms with van der Waals surface area (Å²) >= 11 is 3.07. The van der Waals surface area contributed by atoms with Crippen molar-refractivity contribution in [2.24, 2.45) is 10.6 Å². The summed E-state index contributed by atoms with van der Waals surface area (Å²) in [5, 5.41) is 5.16. The molecule has 1 saturated carbocycles. The van der Waals surface area contributed by atoms with Gasteiger partial charge in [-0.3, -0.25) is 0 Å². The fraction of sp³-hybridized carbons (Fsp3) is 0.538. The minimum absolute atomic E-state index is 0.0843. The zero-order valence-corrected chi connectivity index (χ0v) is 13.3. The van der Waals surface area contributed by atoms with E-state index in [4.69, 9.17) is 9.88 Å². The van der Waals surface area contributed by atoms with Crippen molar-refractivity contribution in [3.63, 3.8) is 0 Å². The van der Waals surface area contributed by atoms with E-state index in [9.17, 15) is 12.8 Å². The predicted octanol–water partition coefficient (Wildman–Crippen LogP) is 2.82. The number of nitrogens with two attached hydrogens (primary N) is 1. The smallest absolute Gasteiger partial charge is 0.209 e. The van der Waals surface area contributed by atoms with Gasteiger partial charge in [-0.05, 0) is 40.9 Å². The normalized spacial score (nSPS) is 18.1. The van der Waals surface area contributed by atoms with E-state index >= 15 is 0 Å². The molecule has 0 spiro atoms. The quantitative estimate of drug-likeness (QED) is 0.871. The van der Waals surface area contributed by atoms with Crippen molar-refractivity contribution in [3.8, 4) is 5.75 Å². The molecule has 20 heavy (non-hydrogen) atoms. The summed E-state index contributed by atoms with van der Waals surface area (Å²) in [5.41, 5.74) is -0.447. The first-order valence-electron chi connectivity index (χ1n) is 6.38. The second-order valence-corrected chi connectivity index (χ2v) is 7.85. The lowest BCUT2D eigenvalue weighted by molar-refractivity contribution is 0.170. The van der Waals surface area contributed by atoms with E-state index in [1.165, 1.54) is 6.07 Å². The van der Waals surface area contributed by atoms with Crippen LogP contribution in [0.5, 0.6) is 5.75 Å². The van der Waals surface area contributed by atoms with Gasteiger partial charge in [-0.2, -0.15) is 0 Å². The highest BCUT2D eigenvalue weighted by Gasteiger charge is 2.38. The molecule has 1 aromatic rings. The second kappa shape index (κ2) is 5.99. The van der Waals surface area contributed by atoms with Crippen LogP contribution in [0.2, 0.25) is 0 Å². The fourth-order valence-corrected chi connectivity index (χ4v) is 4.16. The van der Waals surface area contributed by atoms with Gasteiger partial charge in [-0.25, -0.2) is 17.9 Å². The van der Waals surface area contributed by atoms with Crippen LogP contribution in [0.4, 0.5) is 4.39 Å². The molecule has 1 aliphatic carbocycles. The molecule has 112 valence electrons. The Morgan fingerprint density at radius 2 is 2.00 bits per heavy atom. The largest absolute Gasteiger partial charge is 0.493 e. The van der Waals surface area contributed by atoms with E-state index < -0.39 is 21.3 Å². The van der Waals surface area contributed by atoms with E-state index in [0.717, 1.165) is 25.7 Å². The lowest BCUT2D eigenvalue weighted by Crippen LogP contribution is -2.36. The maximum Gasteiger partial charge on any atom is 0.209 e. The molecule has 0 heterocycles. The van der Waals surface area contributed by atoms with E-state index in [0.29, 0.717) is 10.2 Å². The van der Waals surface area contributed by atoms with Gasteiger partial charge in [-0.1, -0.05) is 12.8 Å². The van der Waals surface area contributed by atoms with Crippen LogP contribution in [0, 0.1) is 11.2 Å². The number of benzene rings is 1. The molecule has 0 amide bonds. The van der Waals surface area contributed by atoms with Gasteiger partial charge in [0.25, 0.3) is 0 Å². The molecule has 1 aromatic carbocycles. The first-order valence-corrected chi connectivity index (χ1v) is 8.89. The van der Waals surface area contributed by atoms with Gasteiger partial charge in [0, 0.05) is 11.5 Å². The van der Waals surface area contributed by atoms with Gasteiger partial charge in [0.05, 0.1) is 16.8 Å². The topological polar surface area (TPSA) is 69.4 Å². The molecule has 2 rings (SSSR count). The number of halogens is 2. The predicted molar refractivity (Wildman–Crippen MR) is 78.5 cm³/mol. The molecular weight excluding hydrogens is 349 g/mol. The third-order valence-corrected chi connectivity index (χ3v) is 5.27. The van der Waals surface area contributed by atoms with Crippen molar-refractivity contribution in [2.75, 3.05) is 12.4 Å². The van der Waals surface area contributed by atoms with Gasteiger partial charge in [0.15, 0.2) is 0 Å². The number of sulfonamides is 1. The molecule has 0 aromatic heterocycles. The van der Waals surface area contributed by atoms with Crippen molar-refractivity contribution in [1.82, 2.24) is 0 Å². The molecule has 0 bridgehead atoms. The molecule has 2 N–H and O–H groups in total. The SMILES string of the molecule is NS(=O)(=O)CC1(COc2ccc(Br)c(F)c2)CCCC1. The summed E-state index contributed by atoms with van der Waals surface area (Å²) in [6.45, 7) is 0.241. The van der Waals surface area contributed by atoms with Crippen LogP contribution in [0.25, 0.3) is 0 Å². The number of rotatable bonds is 5. The molecule has 0 unspecified atom stereocenters. The van der Waals surface area contributed by atoms with Crippen LogP contribution < -0.4 is 9.88 Å². The summed E-state index contributed by atoms with van der Waals surface area (Å²) in [5.74, 6) is -0.0975. The number of primary sulfonamides is 1. The van der Waals surface area contributed by atoms with E-state index in [1.54, 1.807) is 12.1 Å². The molecule has 7 heteroatoms. The van der Waals surface area contributed by atoms with Crippen LogP contribution in [0.15, 0.2) is 22.7 Å². The van der Waals surface area contributed by atoms with Crippen LogP contribution in [0.3, 0.4) is 0 Å². The van der Waals surface area contributed by atoms with Crippen molar-refractivity contribution < 1.29 is 17.5 Å². The zero-order valence-electron chi connectivity index (χ0n) is 10.9. The van der Waals surface area contributed by atoms with Gasteiger partial charge in [0.2, 0.25) is 10.0 Å². The summed E-state index contributed by atoms with van der Waals surface area (Å²) in [7, 11) is -3.55. The Morgan fingerprint density at radius 1 is 1.35 bits per heavy atom. The Balaban J connectivity index is 2.07. The first-order chi connectivity index (χ1) is 9.30. The van der Waals surface area contributed by atoms with Crippen molar-refractivity contribution in [1.29, 1.82) is 0 Å². The van der Waals surface area contributed by atoms with Crippen molar-refractivity contribution >= 4 is 26.0 Å². The molecular formula is C13H17BrFNO3S. The van der Waals surface area contributed by atoms with Gasteiger partial charge < -0.3 is 4.74 Å². The summed E-state index contributed by atoms with van der Waals surface area (Å²) in [4.78, 5) is 0. The maximum atomic E-state index is 13.4. The number of hydrogen-bond donors (Lipinski definition) is 1. The van der Waals surface area contributed by atoms with E-state index in [1.807, 2.05) is 0 Å². The lowest BCUT2D eigenvalue weighted by atomic mass is 9.90. The third kappa shape index (κ3) is 4.17. The highest BCUT2D eigenvalue weighted by molar-refractivity contribution is 9.10. The van der Waals surface area contributed by atoms with Gasteiger partial charge in [-0.15, -0.1) is 0 Å². The monoisotopic (exact) mass is 365 g/mol. The zero-order chi connectivity index (χ0) is 14.8. The molecule has 4 nitrogen and oxygen atoms in total. The molecule has 0 saturated heterocycles. The van der Waals surface area contributed by atoms with E-state index in [-0.39, 0.29) is 12.4 Å². The third-order valence-electron chi connectivity index (χ3n) is 3.61. The van der Waals surface area contributed by atoms with E-state index in [2.05, 4.69) is 15.9 Å². The Kier molecular flexibility index (Phi) is 4.71. The van der Waals surface area contributed by atoms with Crippen LogP contribution >= 0.6 is 15.9 Å². The Bertz CT molecular complexity index is 585. The standard InChI is InChI=1S/C13H17BrFNO3S/c14-11-4-3-10(7-12(11)15)19-8-13(5-1-2-6-13)9-20(16,17)18/h3-4,7H,1-2,5-6,8-9H2,(H2,16,17,18). The fourth-order valence-electron chi connectivity index (χ4n) is 2.69. The van der Waals surface area contributed by atoms with Gasteiger partial charge in [0.1, 0.15) is 11.6 Å². The molecule has 0 atom stereocenters. The van der Waals surface area contributed by atoms with Crippen LogP contribution in [-0.4, -0.2) is 20.8 Å². The minimum atomic E-state index is -3.55. The Hall–Kier alpha value is -0.660. The Morgan fingerprint density at radius 3 is 2.55 bits per heavy atom. The summed E-state index contributed by atoms with van der Waals surface area (Å²) in [6, 6.07) is 4.49. The summed E-state index contributed by atoms with van der Waals surface area (Å²) < 4.78 is 42.1. The van der Waals surface area contributed by atoms with Crippen molar-refractivity contribution in [2.45, 2.75) is 25.7 Å².